The normalized spacial score (nSPS) is 45.2. The summed E-state index contributed by atoms with van der Waals surface area (Å²) in [6.07, 6.45) is 5.08. The van der Waals surface area contributed by atoms with Crippen LogP contribution in [0, 0.1) is 16.7 Å². The quantitative estimate of drug-likeness (QED) is 0.497. The molecule has 0 aromatic rings. The molecule has 0 aromatic carbocycles. The highest BCUT2D eigenvalue weighted by Gasteiger charge is 2.61. The number of allylic oxidation sites excluding steroid dienone is 1. The number of hydrogen-bond acceptors (Lipinski definition) is 1. The molecular weight excluding hydrogens is 215 g/mol. The minimum absolute atomic E-state index is 0.133. The molecule has 0 bridgehead atoms. The van der Waals surface area contributed by atoms with Crippen LogP contribution in [0.5, 0.6) is 0 Å². The lowest BCUT2D eigenvalue weighted by molar-refractivity contribution is -0.143. The topological polar surface area (TPSA) is 17.1 Å². The molecule has 0 saturated heterocycles. The molecule has 2 fully saturated rings. The minimum atomic E-state index is -1.81. The van der Waals surface area contributed by atoms with Crippen LogP contribution in [0.3, 0.4) is 0 Å². The van der Waals surface area contributed by atoms with E-state index >= 15 is 4.39 Å². The average molecular weight is 238 g/mol. The van der Waals surface area contributed by atoms with Crippen molar-refractivity contribution in [1.29, 1.82) is 0 Å². The third-order valence-electron chi connectivity index (χ3n) is 5.47. The summed E-state index contributed by atoms with van der Waals surface area (Å²) in [6.45, 7) is 10.2. The van der Waals surface area contributed by atoms with Crippen LogP contribution in [0.4, 0.5) is 4.39 Å². The summed E-state index contributed by atoms with van der Waals surface area (Å²) in [5, 5.41) is 0. The van der Waals surface area contributed by atoms with Crippen LogP contribution in [0.25, 0.3) is 0 Å². The molecule has 2 aliphatic rings. The first-order chi connectivity index (χ1) is 7.78. The van der Waals surface area contributed by atoms with E-state index in [0.717, 1.165) is 25.7 Å². The van der Waals surface area contributed by atoms with E-state index in [1.54, 1.807) is 0 Å². The molecule has 2 heteroatoms. The molecule has 1 nitrogen and oxygen atoms in total. The van der Waals surface area contributed by atoms with E-state index in [1.807, 2.05) is 6.92 Å². The predicted octanol–water partition coefficient (Wildman–Crippen LogP) is 4.08. The van der Waals surface area contributed by atoms with Crippen molar-refractivity contribution >= 4 is 6.29 Å². The van der Waals surface area contributed by atoms with Gasteiger partial charge < -0.3 is 0 Å². The molecule has 0 aromatic heterocycles. The van der Waals surface area contributed by atoms with E-state index in [2.05, 4.69) is 20.4 Å². The van der Waals surface area contributed by atoms with Gasteiger partial charge in [0.15, 0.2) is 12.0 Å². The van der Waals surface area contributed by atoms with Crippen molar-refractivity contribution < 1.29 is 9.18 Å². The molecule has 3 atom stereocenters. The van der Waals surface area contributed by atoms with Gasteiger partial charge in [0, 0.05) is 5.41 Å². The number of carbonyl (C=O) groups is 1. The van der Waals surface area contributed by atoms with Gasteiger partial charge in [-0.05, 0) is 42.6 Å². The lowest BCUT2D eigenvalue weighted by Gasteiger charge is -2.58. The highest BCUT2D eigenvalue weighted by atomic mass is 19.1. The first kappa shape index (κ1) is 12.8. The fraction of sp³-hybridized carbons (Fsp3) is 0.800. The van der Waals surface area contributed by atoms with E-state index in [4.69, 9.17) is 0 Å². The molecule has 0 aliphatic heterocycles. The van der Waals surface area contributed by atoms with Crippen molar-refractivity contribution in [2.24, 2.45) is 16.7 Å². The lowest BCUT2D eigenvalue weighted by Crippen LogP contribution is -2.58. The number of hydrogen-bond donors (Lipinski definition) is 0. The average Bonchev–Trinajstić information content (AvgIpc) is 2.24. The summed E-state index contributed by atoms with van der Waals surface area (Å²) in [4.78, 5) is 11.3. The van der Waals surface area contributed by atoms with Gasteiger partial charge in [0.1, 0.15) is 0 Å². The van der Waals surface area contributed by atoms with E-state index in [0.29, 0.717) is 18.3 Å². The van der Waals surface area contributed by atoms with Gasteiger partial charge in [-0.2, -0.15) is 0 Å². The van der Waals surface area contributed by atoms with Crippen LogP contribution in [-0.4, -0.2) is 12.0 Å². The molecule has 0 heterocycles. The Labute approximate surface area is 103 Å². The summed E-state index contributed by atoms with van der Waals surface area (Å²) < 4.78 is 15.1. The van der Waals surface area contributed by atoms with Crippen LogP contribution < -0.4 is 0 Å². The van der Waals surface area contributed by atoms with E-state index in [-0.39, 0.29) is 11.3 Å². The van der Waals surface area contributed by atoms with E-state index in [9.17, 15) is 4.79 Å². The van der Waals surface area contributed by atoms with Crippen molar-refractivity contribution in [3.63, 3.8) is 0 Å². The van der Waals surface area contributed by atoms with Gasteiger partial charge >= 0.3 is 0 Å². The first-order valence-electron chi connectivity index (χ1n) is 6.61. The highest BCUT2D eigenvalue weighted by molar-refractivity contribution is 5.71. The van der Waals surface area contributed by atoms with E-state index in [1.165, 1.54) is 0 Å². The third-order valence-corrected chi connectivity index (χ3v) is 5.47. The Morgan fingerprint density at radius 3 is 2.59 bits per heavy atom. The molecule has 0 N–H and O–H groups in total. The molecule has 2 rings (SSSR count). The zero-order chi connectivity index (χ0) is 12.9. The number of aldehydes is 1. The molecule has 2 saturated carbocycles. The summed E-state index contributed by atoms with van der Waals surface area (Å²) in [6, 6.07) is 0. The summed E-state index contributed by atoms with van der Waals surface area (Å²) in [7, 11) is 0. The van der Waals surface area contributed by atoms with Gasteiger partial charge in [-0.15, -0.1) is 0 Å². The maximum Gasteiger partial charge on any atom is 0.192 e. The van der Waals surface area contributed by atoms with Gasteiger partial charge in [0.25, 0.3) is 0 Å². The summed E-state index contributed by atoms with van der Waals surface area (Å²) >= 11 is 0. The molecule has 0 spiro atoms. The van der Waals surface area contributed by atoms with Gasteiger partial charge in [-0.1, -0.05) is 33.8 Å². The zero-order valence-electron chi connectivity index (χ0n) is 11.2. The van der Waals surface area contributed by atoms with Crippen LogP contribution in [0.1, 0.15) is 52.9 Å². The van der Waals surface area contributed by atoms with Crippen molar-refractivity contribution in [2.45, 2.75) is 58.5 Å². The summed E-state index contributed by atoms with van der Waals surface area (Å²) in [5.41, 5.74) is -1.74. The molecule has 0 unspecified atom stereocenters. The molecule has 17 heavy (non-hydrogen) atoms. The Morgan fingerprint density at radius 2 is 2.00 bits per heavy atom. The second kappa shape index (κ2) is 3.66. The summed E-state index contributed by atoms with van der Waals surface area (Å²) in [5.74, 6) is 0.282. The van der Waals surface area contributed by atoms with Gasteiger partial charge in [-0.3, -0.25) is 4.79 Å². The third kappa shape index (κ3) is 1.52. The Bertz CT molecular complexity index is 360. The van der Waals surface area contributed by atoms with Crippen LogP contribution in [-0.2, 0) is 4.79 Å². The van der Waals surface area contributed by atoms with Gasteiger partial charge in [0.2, 0.25) is 0 Å². The number of carbonyl (C=O) groups excluding carboxylic acids is 1. The van der Waals surface area contributed by atoms with Gasteiger partial charge in [-0.25, -0.2) is 4.39 Å². The van der Waals surface area contributed by atoms with Crippen LogP contribution in [0.15, 0.2) is 12.2 Å². The second-order valence-corrected chi connectivity index (χ2v) is 6.78. The largest absolute Gasteiger partial charge is 0.299 e. The molecule has 0 amide bonds. The number of rotatable bonds is 1. The van der Waals surface area contributed by atoms with Crippen LogP contribution >= 0.6 is 0 Å². The highest BCUT2D eigenvalue weighted by Crippen LogP contribution is 2.62. The number of alkyl halides is 1. The number of halogens is 1. The lowest BCUT2D eigenvalue weighted by atomic mass is 9.47. The Hall–Kier alpha value is -0.660. The van der Waals surface area contributed by atoms with Crippen LogP contribution in [0.2, 0.25) is 0 Å². The maximum atomic E-state index is 15.1. The van der Waals surface area contributed by atoms with Gasteiger partial charge in [0.05, 0.1) is 0 Å². The van der Waals surface area contributed by atoms with Crippen molar-refractivity contribution in [3.8, 4) is 0 Å². The maximum absolute atomic E-state index is 15.1. The van der Waals surface area contributed by atoms with Crippen molar-refractivity contribution in [1.82, 2.24) is 0 Å². The standard InChI is InChI=1S/C15H23FO/c1-11-6-7-12-13(2,3)8-5-9-14(12,4)15(11,16)10-17/h10,12H,1,5-9H2,2-4H3/t12-,14-,15+/m0/s1. The second-order valence-electron chi connectivity index (χ2n) is 6.78. The Kier molecular flexibility index (Phi) is 2.76. The molecule has 0 radical (unpaired) electrons. The minimum Gasteiger partial charge on any atom is -0.299 e. The monoisotopic (exact) mass is 238 g/mol. The van der Waals surface area contributed by atoms with E-state index < -0.39 is 11.1 Å². The zero-order valence-corrected chi connectivity index (χ0v) is 11.2. The fourth-order valence-corrected chi connectivity index (χ4v) is 4.39. The first-order valence-corrected chi connectivity index (χ1v) is 6.61. The Balaban J connectivity index is 2.49. The molecule has 2 aliphatic carbocycles. The molecular formula is C15H23FO. The number of fused-ring (bicyclic) bond motifs is 1. The fourth-order valence-electron chi connectivity index (χ4n) is 4.39. The Morgan fingerprint density at radius 1 is 1.35 bits per heavy atom. The SMILES string of the molecule is C=C1CC[C@H]2C(C)(C)CCC[C@]2(C)[C@@]1(F)C=O. The van der Waals surface area contributed by atoms with Crippen molar-refractivity contribution in [3.05, 3.63) is 12.2 Å². The molecule has 96 valence electrons. The predicted molar refractivity (Wildman–Crippen MR) is 67.5 cm³/mol. The smallest absolute Gasteiger partial charge is 0.192 e. The van der Waals surface area contributed by atoms with Crippen molar-refractivity contribution in [2.75, 3.05) is 0 Å².